The largest absolute Gasteiger partial charge is 0.356 e. The Balaban J connectivity index is 0.000000148. The van der Waals surface area contributed by atoms with Gasteiger partial charge in [0.2, 0.25) is 0 Å². The average molecular weight is 148 g/mol. The van der Waals surface area contributed by atoms with E-state index < -0.39 is 5.37 Å². The molecule has 9 heavy (non-hydrogen) atoms. The summed E-state index contributed by atoms with van der Waals surface area (Å²) in [6, 6.07) is 0. The highest BCUT2D eigenvalue weighted by molar-refractivity contribution is 6.62. The Morgan fingerprint density at radius 2 is 2.33 bits per heavy atom. The summed E-state index contributed by atoms with van der Waals surface area (Å²) in [6.07, 6.45) is 5.08. The Morgan fingerprint density at radius 1 is 1.78 bits per heavy atom. The number of rotatable bonds is 0. The van der Waals surface area contributed by atoms with Crippen LogP contribution in [0.5, 0.6) is 0 Å². The van der Waals surface area contributed by atoms with E-state index in [-0.39, 0.29) is 0 Å². The monoisotopic (exact) mass is 147 g/mol. The second kappa shape index (κ2) is 5.11. The lowest BCUT2D eigenvalue weighted by Gasteiger charge is -1.56. The van der Waals surface area contributed by atoms with E-state index in [1.165, 1.54) is 0 Å². The zero-order valence-corrected chi connectivity index (χ0v) is 5.30. The smallest absolute Gasteiger partial charge is 0.311 e. The van der Waals surface area contributed by atoms with Crippen molar-refractivity contribution in [3.8, 4) is 0 Å². The molecule has 0 unspecified atom stereocenters. The third-order valence-corrected chi connectivity index (χ3v) is 0.406. The predicted octanol–water partition coefficient (Wildman–Crippen LogP) is 0.714. The number of halogens is 1. The van der Waals surface area contributed by atoms with Crippen LogP contribution in [0.25, 0.3) is 0 Å². The number of aromatic nitrogens is 2. The van der Waals surface area contributed by atoms with Crippen molar-refractivity contribution in [3.05, 3.63) is 18.7 Å². The minimum Gasteiger partial charge on any atom is -0.356 e. The van der Waals surface area contributed by atoms with Gasteiger partial charge < -0.3 is 10.7 Å². The lowest BCUT2D eigenvalue weighted by atomic mass is 11.0. The van der Waals surface area contributed by atoms with Crippen molar-refractivity contribution >= 4 is 17.0 Å². The number of hydrogen-bond donors (Lipinski definition) is 2. The normalized spacial score (nSPS) is 7.22. The van der Waals surface area contributed by atoms with Gasteiger partial charge >= 0.3 is 5.37 Å². The number of hydrogen-bond acceptors (Lipinski definition) is 2. The number of imidazole rings is 1. The van der Waals surface area contributed by atoms with Crippen molar-refractivity contribution in [2.75, 3.05) is 0 Å². The quantitative estimate of drug-likeness (QED) is 0.419. The van der Waals surface area contributed by atoms with Crippen LogP contribution in [0.2, 0.25) is 0 Å². The van der Waals surface area contributed by atoms with E-state index in [9.17, 15) is 0 Å². The molecule has 0 bridgehead atoms. The summed E-state index contributed by atoms with van der Waals surface area (Å²) in [5, 5.41) is -0.861. The van der Waals surface area contributed by atoms with Gasteiger partial charge in [0.25, 0.3) is 0 Å². The molecule has 0 spiro atoms. The summed E-state index contributed by atoms with van der Waals surface area (Å²) >= 11 is 4.41. The van der Waals surface area contributed by atoms with Gasteiger partial charge in [-0.15, -0.1) is 0 Å². The number of primary amides is 1. The molecule has 0 aliphatic carbocycles. The van der Waals surface area contributed by atoms with Gasteiger partial charge in [0.15, 0.2) is 0 Å². The number of nitrogens with two attached hydrogens (primary N) is 1. The van der Waals surface area contributed by atoms with E-state index in [4.69, 9.17) is 4.79 Å². The maximum atomic E-state index is 8.99. The molecule has 0 fully saturated rings. The molecule has 0 radical (unpaired) electrons. The molecule has 3 N–H and O–H groups in total. The molecule has 1 heterocycles. The number of H-pyrrole nitrogens is 1. The van der Waals surface area contributed by atoms with Gasteiger partial charge in [0, 0.05) is 12.4 Å². The summed E-state index contributed by atoms with van der Waals surface area (Å²) in [4.78, 5) is 15.4. The van der Waals surface area contributed by atoms with Gasteiger partial charge in [0.1, 0.15) is 0 Å². The Morgan fingerprint density at radius 3 is 2.44 bits per heavy atom. The Bertz CT molecular complexity index is 130. The summed E-state index contributed by atoms with van der Waals surface area (Å²) in [5.41, 5.74) is 4.24. The van der Waals surface area contributed by atoms with Crippen LogP contribution >= 0.6 is 11.6 Å². The van der Waals surface area contributed by atoms with Crippen molar-refractivity contribution in [3.63, 3.8) is 0 Å². The molecule has 1 rings (SSSR count). The molecule has 1 amide bonds. The van der Waals surface area contributed by atoms with E-state index >= 15 is 0 Å². The first-order valence-electron chi connectivity index (χ1n) is 2.11. The van der Waals surface area contributed by atoms with Gasteiger partial charge in [0.05, 0.1) is 6.33 Å². The Labute approximate surface area is 57.0 Å². The minimum absolute atomic E-state index is 0.861. The van der Waals surface area contributed by atoms with Crippen molar-refractivity contribution in [2.24, 2.45) is 5.73 Å². The summed E-state index contributed by atoms with van der Waals surface area (Å²) in [7, 11) is 0. The Hall–Kier alpha value is -1.03. The molecule has 1 aromatic rings. The lowest BCUT2D eigenvalue weighted by Crippen LogP contribution is -1.94. The van der Waals surface area contributed by atoms with E-state index in [0.29, 0.717) is 0 Å². The number of carbonyl (C=O) groups is 1. The van der Waals surface area contributed by atoms with Crippen LogP contribution in [-0.2, 0) is 0 Å². The minimum atomic E-state index is -0.861. The van der Waals surface area contributed by atoms with Crippen molar-refractivity contribution < 1.29 is 4.79 Å². The average Bonchev–Trinajstić information content (AvgIpc) is 2.11. The predicted molar refractivity (Wildman–Crippen MR) is 34.0 cm³/mol. The molecular formula is C4H6ClN3O. The molecule has 0 saturated heterocycles. The number of nitrogens with one attached hydrogen (secondary N) is 1. The highest BCUT2D eigenvalue weighted by atomic mass is 35.5. The zero-order valence-electron chi connectivity index (χ0n) is 4.54. The fourth-order valence-electron chi connectivity index (χ4n) is 0.215. The third kappa shape index (κ3) is 10.9. The van der Waals surface area contributed by atoms with Crippen LogP contribution in [0.1, 0.15) is 0 Å². The number of amides is 1. The van der Waals surface area contributed by atoms with Gasteiger partial charge in [-0.25, -0.2) is 4.98 Å². The number of carbonyl (C=O) groups excluding carboxylic acids is 1. The zero-order chi connectivity index (χ0) is 7.11. The molecule has 0 atom stereocenters. The topological polar surface area (TPSA) is 71.8 Å². The fraction of sp³-hybridized carbons (Fsp3) is 0. The number of nitrogens with zero attached hydrogens (tertiary/aromatic N) is 1. The van der Waals surface area contributed by atoms with E-state index in [1.807, 2.05) is 0 Å². The van der Waals surface area contributed by atoms with Crippen LogP contribution in [-0.4, -0.2) is 15.3 Å². The molecule has 50 valence electrons. The van der Waals surface area contributed by atoms with Crippen LogP contribution in [0, 0.1) is 0 Å². The van der Waals surface area contributed by atoms with Crippen LogP contribution in [0.4, 0.5) is 4.79 Å². The Kier molecular flexibility index (Phi) is 4.53. The van der Waals surface area contributed by atoms with E-state index in [1.54, 1.807) is 18.7 Å². The standard InChI is InChI=1S/C3H4N2.CH2ClNO/c1-2-5-3-4-1;2-1(3)4/h1-3H,(H,4,5);(H2,3,4). The fourth-order valence-corrected chi connectivity index (χ4v) is 0.215. The summed E-state index contributed by atoms with van der Waals surface area (Å²) in [5.74, 6) is 0. The lowest BCUT2D eigenvalue weighted by molar-refractivity contribution is 0.266. The SMILES string of the molecule is NC(=O)Cl.c1c[nH]cn1. The first kappa shape index (κ1) is 7.97. The van der Waals surface area contributed by atoms with Gasteiger partial charge in [-0.3, -0.25) is 4.79 Å². The first-order valence-corrected chi connectivity index (χ1v) is 2.49. The maximum Gasteiger partial charge on any atom is 0.311 e. The highest BCUT2D eigenvalue weighted by Crippen LogP contribution is 1.63. The van der Waals surface area contributed by atoms with Gasteiger partial charge in [-0.1, -0.05) is 0 Å². The van der Waals surface area contributed by atoms with E-state index in [0.717, 1.165) is 0 Å². The molecule has 4 nitrogen and oxygen atoms in total. The first-order chi connectivity index (χ1) is 4.23. The molecule has 1 aromatic heterocycles. The van der Waals surface area contributed by atoms with Gasteiger partial charge in [-0.05, 0) is 11.6 Å². The van der Waals surface area contributed by atoms with Crippen LogP contribution in [0.15, 0.2) is 18.7 Å². The summed E-state index contributed by atoms with van der Waals surface area (Å²) < 4.78 is 0. The maximum absolute atomic E-state index is 8.99. The van der Waals surface area contributed by atoms with E-state index in [2.05, 4.69) is 27.3 Å². The molecule has 0 aliphatic rings. The second-order valence-corrected chi connectivity index (χ2v) is 1.44. The molecule has 5 heteroatoms. The highest BCUT2D eigenvalue weighted by Gasteiger charge is 1.66. The van der Waals surface area contributed by atoms with Gasteiger partial charge in [-0.2, -0.15) is 0 Å². The molecule has 0 saturated carbocycles. The third-order valence-electron chi connectivity index (χ3n) is 0.406. The molecule has 0 aliphatic heterocycles. The number of aromatic amines is 1. The van der Waals surface area contributed by atoms with Crippen molar-refractivity contribution in [1.82, 2.24) is 9.97 Å². The van der Waals surface area contributed by atoms with Crippen LogP contribution in [0.3, 0.4) is 0 Å². The van der Waals surface area contributed by atoms with Crippen LogP contribution < -0.4 is 5.73 Å². The van der Waals surface area contributed by atoms with Crippen molar-refractivity contribution in [2.45, 2.75) is 0 Å². The second-order valence-electron chi connectivity index (χ2n) is 1.06. The van der Waals surface area contributed by atoms with Crippen molar-refractivity contribution in [1.29, 1.82) is 0 Å². The molecule has 0 aromatic carbocycles. The molecular weight excluding hydrogens is 142 g/mol. The summed E-state index contributed by atoms with van der Waals surface area (Å²) in [6.45, 7) is 0.